The molecule has 1 aliphatic carbocycles. The van der Waals surface area contributed by atoms with Gasteiger partial charge in [-0.15, -0.1) is 0 Å². The van der Waals surface area contributed by atoms with Crippen LogP contribution >= 0.6 is 0 Å². The second-order valence-corrected chi connectivity index (χ2v) is 28.7. The van der Waals surface area contributed by atoms with Crippen LogP contribution in [0, 0.1) is 0 Å². The summed E-state index contributed by atoms with van der Waals surface area (Å²) in [4.78, 5) is 4.82. The molecule has 0 N–H and O–H groups in total. The molecule has 0 saturated carbocycles. The molecule has 5 nitrogen and oxygen atoms in total. The highest BCUT2D eigenvalue weighted by Gasteiger charge is 2.42. The van der Waals surface area contributed by atoms with Crippen molar-refractivity contribution in [3.05, 3.63) is 221 Å². The van der Waals surface area contributed by atoms with Gasteiger partial charge in [0.05, 0.1) is 16.7 Å². The maximum atomic E-state index is 6.87. The standard InChI is InChI=1S/C79H73N3O2/c1-75(2,3)48-25-30-50(31-26-48)80(54-34-37-56-59-19-16-22-64(77(7,8)9)73(59)83-68(56)44-54)52-29-24-46-41-63-58-18-15-21-62-70-72(82(71(58)62)67(63)42-47(46)40-52)61-39-36-53(43-66(61)79(70,13)14)81(51-32-27-49(28-33-51)76(4,5)6)55-35-38-57-60-20-17-23-65(78(10,11)12)74(60)84-69(57)45-55/h15-45H,1-14H3. The Morgan fingerprint density at radius 1 is 0.369 bits per heavy atom. The van der Waals surface area contributed by atoms with Gasteiger partial charge in [0.25, 0.3) is 0 Å². The molecule has 15 rings (SSSR count). The SMILES string of the molecule is CC(C)(C)c1ccc(N(c2ccc3c(c2)C(C)(C)c2c-3n3c4cc5cc(N(c6ccc(C(C)(C)C)cc6)c6ccc7c(c6)oc6c(C(C)(C)C)cccc67)ccc5cc4c4cccc2c43)c2ccc3c(c2)oc2c(C(C)(C)C)cccc23)cc1. The van der Waals surface area contributed by atoms with E-state index in [1.807, 2.05) is 0 Å². The van der Waals surface area contributed by atoms with E-state index in [0.29, 0.717) is 0 Å². The fourth-order valence-corrected chi connectivity index (χ4v) is 14.2. The first-order valence-electron chi connectivity index (χ1n) is 30.1. The third-order valence-electron chi connectivity index (χ3n) is 18.6. The zero-order chi connectivity index (χ0) is 58.3. The van der Waals surface area contributed by atoms with Crippen molar-refractivity contribution in [2.75, 3.05) is 9.80 Å². The number of anilines is 6. The normalized spacial score (nSPS) is 13.9. The summed E-state index contributed by atoms with van der Waals surface area (Å²) in [6.45, 7) is 32.1. The van der Waals surface area contributed by atoms with Gasteiger partial charge < -0.3 is 23.0 Å². The molecular weight excluding hydrogens is 1020 g/mol. The Morgan fingerprint density at radius 3 is 1.35 bits per heavy atom. The molecule has 0 amide bonds. The van der Waals surface area contributed by atoms with Crippen LogP contribution in [-0.2, 0) is 27.1 Å². The predicted molar refractivity (Wildman–Crippen MR) is 357 cm³/mol. The highest BCUT2D eigenvalue weighted by atomic mass is 16.3. The van der Waals surface area contributed by atoms with Crippen molar-refractivity contribution in [1.82, 2.24) is 4.40 Å². The van der Waals surface area contributed by atoms with Crippen LogP contribution in [0.3, 0.4) is 0 Å². The predicted octanol–water partition coefficient (Wildman–Crippen LogP) is 23.1. The van der Waals surface area contributed by atoms with Gasteiger partial charge in [0.2, 0.25) is 0 Å². The highest BCUT2D eigenvalue weighted by molar-refractivity contribution is 6.21. The van der Waals surface area contributed by atoms with Crippen LogP contribution in [0.4, 0.5) is 34.1 Å². The molecular formula is C79H73N3O2. The molecule has 5 heteroatoms. The van der Waals surface area contributed by atoms with Crippen LogP contribution in [0.15, 0.2) is 197 Å². The molecule has 0 aliphatic heterocycles. The van der Waals surface area contributed by atoms with Crippen molar-refractivity contribution < 1.29 is 8.83 Å². The number of hydrogen-bond acceptors (Lipinski definition) is 4. The largest absolute Gasteiger partial charge is 0.456 e. The molecule has 0 radical (unpaired) electrons. The summed E-state index contributed by atoms with van der Waals surface area (Å²) in [5.41, 5.74) is 22.6. The van der Waals surface area contributed by atoms with Crippen LogP contribution in [0.25, 0.3) is 93.1 Å². The molecule has 14 aromatic rings. The van der Waals surface area contributed by atoms with E-state index in [2.05, 4.69) is 299 Å². The topological polar surface area (TPSA) is 37.2 Å². The average molecular weight is 1100 g/mol. The van der Waals surface area contributed by atoms with E-state index >= 15 is 0 Å². The van der Waals surface area contributed by atoms with Crippen LogP contribution in [0.5, 0.6) is 0 Å². The number of benzene rings is 10. The minimum absolute atomic E-state index is 0.0207. The molecule has 0 unspecified atom stereocenters. The molecule has 0 fully saturated rings. The zero-order valence-electron chi connectivity index (χ0n) is 51.1. The Morgan fingerprint density at radius 2 is 0.821 bits per heavy atom. The third kappa shape index (κ3) is 7.80. The van der Waals surface area contributed by atoms with Gasteiger partial charge in [-0.05, 0) is 140 Å². The van der Waals surface area contributed by atoms with E-state index in [1.165, 1.54) is 82.6 Å². The first kappa shape index (κ1) is 52.0. The first-order valence-corrected chi connectivity index (χ1v) is 30.1. The number of rotatable bonds is 6. The molecule has 4 heterocycles. The molecule has 0 bridgehead atoms. The van der Waals surface area contributed by atoms with Crippen molar-refractivity contribution in [1.29, 1.82) is 0 Å². The maximum Gasteiger partial charge on any atom is 0.139 e. The van der Waals surface area contributed by atoms with Crippen molar-refractivity contribution >= 4 is 116 Å². The first-order chi connectivity index (χ1) is 39.9. The van der Waals surface area contributed by atoms with Crippen LogP contribution in [0.1, 0.15) is 130 Å². The van der Waals surface area contributed by atoms with E-state index in [1.54, 1.807) is 0 Å². The molecule has 0 saturated heterocycles. The summed E-state index contributed by atoms with van der Waals surface area (Å²) in [6, 6.07) is 70.9. The van der Waals surface area contributed by atoms with Crippen LogP contribution < -0.4 is 9.80 Å². The second kappa shape index (κ2) is 17.6. The van der Waals surface area contributed by atoms with Crippen LogP contribution in [0.2, 0.25) is 0 Å². The Labute approximate surface area is 493 Å². The average Bonchev–Trinajstić information content (AvgIpc) is 1.56. The van der Waals surface area contributed by atoms with Gasteiger partial charge in [0.1, 0.15) is 22.3 Å². The van der Waals surface area contributed by atoms with Crippen molar-refractivity contribution in [2.45, 2.75) is 124 Å². The highest BCUT2D eigenvalue weighted by Crippen LogP contribution is 2.57. The summed E-state index contributed by atoms with van der Waals surface area (Å²) in [7, 11) is 0. The summed E-state index contributed by atoms with van der Waals surface area (Å²) >= 11 is 0. The number of fused-ring (bicyclic) bond motifs is 15. The van der Waals surface area contributed by atoms with Gasteiger partial charge >= 0.3 is 0 Å². The number of para-hydroxylation sites is 3. The second-order valence-electron chi connectivity index (χ2n) is 28.7. The summed E-state index contributed by atoms with van der Waals surface area (Å²) in [5.74, 6) is 0. The zero-order valence-corrected chi connectivity index (χ0v) is 51.1. The fraction of sp³-hybridized carbons (Fsp3) is 0.241. The van der Waals surface area contributed by atoms with Crippen molar-refractivity contribution in [2.24, 2.45) is 0 Å². The monoisotopic (exact) mass is 1100 g/mol. The molecule has 84 heavy (non-hydrogen) atoms. The van der Waals surface area contributed by atoms with E-state index in [4.69, 9.17) is 8.83 Å². The smallest absolute Gasteiger partial charge is 0.139 e. The quantitative estimate of drug-likeness (QED) is 0.166. The lowest BCUT2D eigenvalue weighted by molar-refractivity contribution is 0.572. The van der Waals surface area contributed by atoms with Gasteiger partial charge in [-0.3, -0.25) is 0 Å². The Hall–Kier alpha value is -8.80. The molecule has 0 atom stereocenters. The van der Waals surface area contributed by atoms with Gasteiger partial charge in [-0.2, -0.15) is 0 Å². The van der Waals surface area contributed by atoms with E-state index in [9.17, 15) is 0 Å². The number of nitrogens with zero attached hydrogens (tertiary/aromatic N) is 3. The number of aromatic nitrogens is 1. The molecule has 416 valence electrons. The van der Waals surface area contributed by atoms with Crippen molar-refractivity contribution in [3.8, 4) is 11.3 Å². The van der Waals surface area contributed by atoms with Crippen LogP contribution in [-0.4, -0.2) is 4.40 Å². The molecule has 0 spiro atoms. The number of furan rings is 2. The van der Waals surface area contributed by atoms with Gasteiger partial charge in [-0.1, -0.05) is 188 Å². The van der Waals surface area contributed by atoms with E-state index in [0.717, 1.165) is 78.0 Å². The summed E-state index contributed by atoms with van der Waals surface area (Å²) in [6.07, 6.45) is 0. The lowest BCUT2D eigenvalue weighted by Crippen LogP contribution is -2.17. The fourth-order valence-electron chi connectivity index (χ4n) is 14.2. The lowest BCUT2D eigenvalue weighted by atomic mass is 9.81. The van der Waals surface area contributed by atoms with E-state index in [-0.39, 0.29) is 27.1 Å². The van der Waals surface area contributed by atoms with E-state index < -0.39 is 0 Å². The molecule has 4 aromatic heterocycles. The maximum absolute atomic E-state index is 6.87. The minimum Gasteiger partial charge on any atom is -0.456 e. The van der Waals surface area contributed by atoms with Gasteiger partial charge in [0.15, 0.2) is 0 Å². The number of hydrogen-bond donors (Lipinski definition) is 0. The Balaban J connectivity index is 0.891. The van der Waals surface area contributed by atoms with Gasteiger partial charge in [-0.25, -0.2) is 0 Å². The third-order valence-corrected chi connectivity index (χ3v) is 18.6. The van der Waals surface area contributed by atoms with Crippen molar-refractivity contribution in [3.63, 3.8) is 0 Å². The Bertz CT molecular complexity index is 5010. The molecule has 10 aromatic carbocycles. The molecule has 1 aliphatic rings. The summed E-state index contributed by atoms with van der Waals surface area (Å²) in [5, 5.41) is 10.8. The Kier molecular flexibility index (Phi) is 10.9. The lowest BCUT2D eigenvalue weighted by Gasteiger charge is -2.29. The minimum atomic E-state index is -0.309. The van der Waals surface area contributed by atoms with Gasteiger partial charge in [0, 0.05) is 106 Å². The summed E-state index contributed by atoms with van der Waals surface area (Å²) < 4.78 is 16.3.